The van der Waals surface area contributed by atoms with Crippen molar-refractivity contribution in [3.8, 4) is 0 Å². The highest BCUT2D eigenvalue weighted by Crippen LogP contribution is 2.30. The molecule has 0 amide bonds. The van der Waals surface area contributed by atoms with E-state index in [4.69, 9.17) is 5.11 Å². The van der Waals surface area contributed by atoms with E-state index in [1.54, 1.807) is 0 Å². The zero-order valence-electron chi connectivity index (χ0n) is 11.2. The summed E-state index contributed by atoms with van der Waals surface area (Å²) >= 11 is 0. The summed E-state index contributed by atoms with van der Waals surface area (Å²) in [6.45, 7) is 5.11. The lowest BCUT2D eigenvalue weighted by Gasteiger charge is -2.38. The summed E-state index contributed by atoms with van der Waals surface area (Å²) in [7, 11) is -2.09. The number of rotatable bonds is 5. The Morgan fingerprint density at radius 2 is 2.06 bits per heavy atom. The van der Waals surface area contributed by atoms with E-state index in [2.05, 4.69) is 0 Å². The predicted octanol–water partition coefficient (Wildman–Crippen LogP) is 0.760. The SMILES string of the molecule is CN(CCC(=O)O)S(=O)(=O)N1CCCC(C)(C)C1. The number of piperidine rings is 1. The number of hydrogen-bond donors (Lipinski definition) is 1. The van der Waals surface area contributed by atoms with Crippen LogP contribution in [0.25, 0.3) is 0 Å². The van der Waals surface area contributed by atoms with Gasteiger partial charge >= 0.3 is 5.97 Å². The highest BCUT2D eigenvalue weighted by molar-refractivity contribution is 7.86. The molecule has 1 N–H and O–H groups in total. The van der Waals surface area contributed by atoms with Crippen LogP contribution >= 0.6 is 0 Å². The average molecular weight is 278 g/mol. The normalized spacial score (nSPS) is 21.1. The highest BCUT2D eigenvalue weighted by Gasteiger charge is 2.35. The van der Waals surface area contributed by atoms with Crippen molar-refractivity contribution in [2.24, 2.45) is 5.41 Å². The van der Waals surface area contributed by atoms with Gasteiger partial charge in [0.1, 0.15) is 0 Å². The van der Waals surface area contributed by atoms with Crippen LogP contribution in [0, 0.1) is 5.41 Å². The Bertz CT molecular complexity index is 405. The van der Waals surface area contributed by atoms with Crippen LogP contribution in [0.3, 0.4) is 0 Å². The molecule has 1 fully saturated rings. The number of carbonyl (C=O) groups is 1. The predicted molar refractivity (Wildman–Crippen MR) is 68.4 cm³/mol. The van der Waals surface area contributed by atoms with Crippen molar-refractivity contribution in [2.45, 2.75) is 33.1 Å². The summed E-state index contributed by atoms with van der Waals surface area (Å²) in [6, 6.07) is 0. The van der Waals surface area contributed by atoms with E-state index in [9.17, 15) is 13.2 Å². The number of nitrogens with zero attached hydrogens (tertiary/aromatic N) is 2. The van der Waals surface area contributed by atoms with Crippen molar-refractivity contribution in [1.29, 1.82) is 0 Å². The molecule has 0 aromatic carbocycles. The minimum Gasteiger partial charge on any atom is -0.481 e. The van der Waals surface area contributed by atoms with E-state index >= 15 is 0 Å². The molecule has 0 saturated carbocycles. The smallest absolute Gasteiger partial charge is 0.304 e. The van der Waals surface area contributed by atoms with Crippen molar-refractivity contribution in [3.05, 3.63) is 0 Å². The van der Waals surface area contributed by atoms with Gasteiger partial charge in [-0.15, -0.1) is 0 Å². The molecule has 106 valence electrons. The van der Waals surface area contributed by atoms with Gasteiger partial charge in [-0.2, -0.15) is 17.0 Å². The lowest BCUT2D eigenvalue weighted by atomic mass is 9.85. The van der Waals surface area contributed by atoms with Gasteiger partial charge in [0.15, 0.2) is 0 Å². The number of aliphatic carboxylic acids is 1. The van der Waals surface area contributed by atoms with Crippen molar-refractivity contribution >= 4 is 16.2 Å². The molecule has 1 rings (SSSR count). The summed E-state index contributed by atoms with van der Waals surface area (Å²) < 4.78 is 27.1. The Balaban J connectivity index is 2.70. The molecule has 0 atom stereocenters. The minimum absolute atomic E-state index is 0.00853. The fourth-order valence-corrected chi connectivity index (χ4v) is 3.72. The summed E-state index contributed by atoms with van der Waals surface area (Å²) in [4.78, 5) is 10.5. The third-order valence-electron chi connectivity index (χ3n) is 3.23. The third kappa shape index (κ3) is 3.93. The van der Waals surface area contributed by atoms with Gasteiger partial charge in [-0.05, 0) is 18.3 Å². The van der Waals surface area contributed by atoms with Crippen LogP contribution in [-0.2, 0) is 15.0 Å². The molecule has 0 unspecified atom stereocenters. The van der Waals surface area contributed by atoms with E-state index < -0.39 is 16.2 Å². The van der Waals surface area contributed by atoms with Gasteiger partial charge < -0.3 is 5.11 Å². The zero-order valence-corrected chi connectivity index (χ0v) is 12.0. The first-order valence-corrected chi connectivity index (χ1v) is 7.48. The van der Waals surface area contributed by atoms with Crippen LogP contribution in [0.2, 0.25) is 0 Å². The largest absolute Gasteiger partial charge is 0.481 e. The summed E-state index contributed by atoms with van der Waals surface area (Å²) in [5.74, 6) is -0.990. The minimum atomic E-state index is -3.53. The first kappa shape index (κ1) is 15.4. The van der Waals surface area contributed by atoms with Gasteiger partial charge in [-0.25, -0.2) is 0 Å². The van der Waals surface area contributed by atoms with Gasteiger partial charge in [-0.1, -0.05) is 13.8 Å². The lowest BCUT2D eigenvalue weighted by Crippen LogP contribution is -2.49. The van der Waals surface area contributed by atoms with Gasteiger partial charge in [-0.3, -0.25) is 4.79 Å². The molecule has 0 spiro atoms. The number of carboxylic acid groups (broad SMARTS) is 1. The third-order valence-corrected chi connectivity index (χ3v) is 5.16. The van der Waals surface area contributed by atoms with E-state index in [0.717, 1.165) is 17.1 Å². The number of hydrogen-bond acceptors (Lipinski definition) is 3. The Labute approximate surface area is 109 Å². The molecule has 0 aromatic heterocycles. The lowest BCUT2D eigenvalue weighted by molar-refractivity contribution is -0.137. The van der Waals surface area contributed by atoms with Crippen molar-refractivity contribution in [3.63, 3.8) is 0 Å². The van der Waals surface area contributed by atoms with Crippen molar-refractivity contribution in [1.82, 2.24) is 8.61 Å². The molecular formula is C11H22N2O4S. The molecule has 1 saturated heterocycles. The summed E-state index contributed by atoms with van der Waals surface area (Å²) in [6.07, 6.45) is 1.68. The first-order chi connectivity index (χ1) is 8.15. The van der Waals surface area contributed by atoms with Crippen LogP contribution in [0.15, 0.2) is 0 Å². The van der Waals surface area contributed by atoms with E-state index in [1.807, 2.05) is 13.8 Å². The highest BCUT2D eigenvalue weighted by atomic mass is 32.2. The fourth-order valence-electron chi connectivity index (χ4n) is 2.13. The molecule has 0 aliphatic carbocycles. The van der Waals surface area contributed by atoms with Crippen LogP contribution in [-0.4, -0.2) is 54.8 Å². The molecule has 18 heavy (non-hydrogen) atoms. The van der Waals surface area contributed by atoms with Gasteiger partial charge in [0.2, 0.25) is 0 Å². The van der Waals surface area contributed by atoms with Crippen LogP contribution in [0.5, 0.6) is 0 Å². The molecule has 1 heterocycles. The van der Waals surface area contributed by atoms with Crippen LogP contribution < -0.4 is 0 Å². The summed E-state index contributed by atoms with van der Waals surface area (Å²) in [5, 5.41) is 8.59. The molecule has 7 heteroatoms. The van der Waals surface area contributed by atoms with Crippen LogP contribution in [0.1, 0.15) is 33.1 Å². The molecule has 1 aliphatic rings. The fraction of sp³-hybridized carbons (Fsp3) is 0.909. The van der Waals surface area contributed by atoms with Gasteiger partial charge in [0, 0.05) is 26.7 Å². The zero-order chi connectivity index (χ0) is 14.0. The molecule has 0 aromatic rings. The molecule has 6 nitrogen and oxygen atoms in total. The second-order valence-electron chi connectivity index (χ2n) is 5.57. The number of carboxylic acids is 1. The monoisotopic (exact) mass is 278 g/mol. The Kier molecular flexibility index (Phi) is 4.74. The molecule has 1 aliphatic heterocycles. The molecule has 0 bridgehead atoms. The van der Waals surface area contributed by atoms with E-state index in [1.165, 1.54) is 11.4 Å². The Morgan fingerprint density at radius 3 is 2.56 bits per heavy atom. The van der Waals surface area contributed by atoms with E-state index in [0.29, 0.717) is 13.1 Å². The van der Waals surface area contributed by atoms with Crippen molar-refractivity contribution < 1.29 is 18.3 Å². The topological polar surface area (TPSA) is 77.9 Å². The van der Waals surface area contributed by atoms with Gasteiger partial charge in [0.05, 0.1) is 6.42 Å². The maximum absolute atomic E-state index is 12.2. The maximum atomic E-state index is 12.2. The average Bonchev–Trinajstić information content (AvgIpc) is 2.24. The maximum Gasteiger partial charge on any atom is 0.304 e. The first-order valence-electron chi connectivity index (χ1n) is 6.08. The van der Waals surface area contributed by atoms with Crippen molar-refractivity contribution in [2.75, 3.05) is 26.7 Å². The quantitative estimate of drug-likeness (QED) is 0.805. The molecular weight excluding hydrogens is 256 g/mol. The Morgan fingerprint density at radius 1 is 1.44 bits per heavy atom. The Hall–Kier alpha value is -0.660. The standard InChI is InChI=1S/C11H22N2O4S/c1-11(2)6-4-7-13(9-11)18(16,17)12(3)8-5-10(14)15/h4-9H2,1-3H3,(H,14,15). The van der Waals surface area contributed by atoms with Gasteiger partial charge in [0.25, 0.3) is 10.2 Å². The summed E-state index contributed by atoms with van der Waals surface area (Å²) in [5.41, 5.74) is -0.0149. The van der Waals surface area contributed by atoms with E-state index in [-0.39, 0.29) is 18.4 Å². The molecule has 0 radical (unpaired) electrons. The van der Waals surface area contributed by atoms with Crippen LogP contribution in [0.4, 0.5) is 0 Å². The second-order valence-corrected chi connectivity index (χ2v) is 7.61. The second kappa shape index (κ2) is 5.54.